The van der Waals surface area contributed by atoms with Crippen molar-refractivity contribution in [3.8, 4) is 0 Å². The third kappa shape index (κ3) is 2.51. The molecule has 1 N–H and O–H groups in total. The van der Waals surface area contributed by atoms with Crippen LogP contribution in [0.4, 0.5) is 0 Å². The van der Waals surface area contributed by atoms with E-state index in [0.29, 0.717) is 5.56 Å². The van der Waals surface area contributed by atoms with Crippen LogP contribution in [0.5, 0.6) is 0 Å². The molecule has 2 rings (SSSR count). The van der Waals surface area contributed by atoms with E-state index in [-0.39, 0.29) is 18.6 Å². The van der Waals surface area contributed by atoms with Gasteiger partial charge in [0.15, 0.2) is 6.10 Å². The molecule has 20 heavy (non-hydrogen) atoms. The highest BCUT2D eigenvalue weighted by molar-refractivity contribution is 5.83. The molecule has 1 amide bonds. The van der Waals surface area contributed by atoms with E-state index in [9.17, 15) is 14.7 Å². The number of aryl methyl sites for hydroxylation is 1. The van der Waals surface area contributed by atoms with Crippen molar-refractivity contribution < 1.29 is 19.4 Å². The standard InChI is InChI=1S/C14H18N2O4/c1-8(2)16-11(17)7-20-13(14(18)19)12(16)10-6-15-5-4-9(10)3/h4-6,8,12-13H,7H2,1-3H3,(H,18,19). The molecule has 1 aliphatic rings. The number of carbonyl (C=O) groups excluding carboxylic acids is 1. The van der Waals surface area contributed by atoms with Crippen molar-refractivity contribution in [2.24, 2.45) is 0 Å². The summed E-state index contributed by atoms with van der Waals surface area (Å²) in [6.07, 6.45) is 2.17. The first-order chi connectivity index (χ1) is 9.43. The average molecular weight is 278 g/mol. The van der Waals surface area contributed by atoms with Gasteiger partial charge in [0.05, 0.1) is 6.04 Å². The first-order valence-electron chi connectivity index (χ1n) is 6.49. The zero-order chi connectivity index (χ0) is 14.9. The smallest absolute Gasteiger partial charge is 0.335 e. The SMILES string of the molecule is Cc1ccncc1C1C(C(=O)O)OCC(=O)N1C(C)C. The van der Waals surface area contributed by atoms with Crippen molar-refractivity contribution >= 4 is 11.9 Å². The third-order valence-corrected chi connectivity index (χ3v) is 3.46. The second-order valence-corrected chi connectivity index (χ2v) is 5.14. The van der Waals surface area contributed by atoms with Crippen LogP contribution in [-0.4, -0.2) is 45.6 Å². The monoisotopic (exact) mass is 278 g/mol. The third-order valence-electron chi connectivity index (χ3n) is 3.46. The van der Waals surface area contributed by atoms with Gasteiger partial charge in [0.2, 0.25) is 5.91 Å². The number of rotatable bonds is 3. The Morgan fingerprint density at radius 3 is 2.80 bits per heavy atom. The summed E-state index contributed by atoms with van der Waals surface area (Å²) in [4.78, 5) is 29.1. The van der Waals surface area contributed by atoms with Crippen molar-refractivity contribution in [2.45, 2.75) is 39.0 Å². The molecular formula is C14H18N2O4. The van der Waals surface area contributed by atoms with Crippen LogP contribution in [0, 0.1) is 6.92 Å². The molecule has 0 aromatic carbocycles. The molecule has 1 aromatic rings. The molecule has 1 aliphatic heterocycles. The Kier molecular flexibility index (Phi) is 4.04. The molecule has 2 heterocycles. The lowest BCUT2D eigenvalue weighted by atomic mass is 9.94. The number of nitrogens with zero attached hydrogens (tertiary/aromatic N) is 2. The predicted molar refractivity (Wildman–Crippen MR) is 71.1 cm³/mol. The zero-order valence-electron chi connectivity index (χ0n) is 11.7. The fourth-order valence-electron chi connectivity index (χ4n) is 2.54. The van der Waals surface area contributed by atoms with Crippen LogP contribution in [-0.2, 0) is 14.3 Å². The predicted octanol–water partition coefficient (Wildman–Crippen LogP) is 1.15. The van der Waals surface area contributed by atoms with Gasteiger partial charge >= 0.3 is 5.97 Å². The van der Waals surface area contributed by atoms with E-state index >= 15 is 0 Å². The second-order valence-electron chi connectivity index (χ2n) is 5.14. The van der Waals surface area contributed by atoms with Gasteiger partial charge in [-0.05, 0) is 38.0 Å². The van der Waals surface area contributed by atoms with Crippen molar-refractivity contribution in [1.29, 1.82) is 0 Å². The van der Waals surface area contributed by atoms with E-state index in [0.717, 1.165) is 5.56 Å². The molecular weight excluding hydrogens is 260 g/mol. The Morgan fingerprint density at radius 1 is 1.55 bits per heavy atom. The van der Waals surface area contributed by atoms with Gasteiger partial charge in [-0.2, -0.15) is 0 Å². The van der Waals surface area contributed by atoms with Gasteiger partial charge in [-0.3, -0.25) is 9.78 Å². The molecule has 0 saturated carbocycles. The Hall–Kier alpha value is -1.95. The maximum absolute atomic E-state index is 12.1. The molecule has 2 unspecified atom stereocenters. The van der Waals surface area contributed by atoms with Gasteiger partial charge in [0, 0.05) is 18.4 Å². The highest BCUT2D eigenvalue weighted by Gasteiger charge is 2.43. The van der Waals surface area contributed by atoms with Crippen LogP contribution >= 0.6 is 0 Å². The summed E-state index contributed by atoms with van der Waals surface area (Å²) < 4.78 is 5.24. The van der Waals surface area contributed by atoms with Crippen molar-refractivity contribution in [3.63, 3.8) is 0 Å². The minimum Gasteiger partial charge on any atom is -0.479 e. The highest BCUT2D eigenvalue weighted by Crippen LogP contribution is 2.33. The summed E-state index contributed by atoms with van der Waals surface area (Å²) >= 11 is 0. The summed E-state index contributed by atoms with van der Waals surface area (Å²) in [6.45, 7) is 5.39. The Morgan fingerprint density at radius 2 is 2.25 bits per heavy atom. The first kappa shape index (κ1) is 14.5. The maximum Gasteiger partial charge on any atom is 0.335 e. The number of hydrogen-bond donors (Lipinski definition) is 1. The number of carboxylic acid groups (broad SMARTS) is 1. The quantitative estimate of drug-likeness (QED) is 0.897. The number of morpholine rings is 1. The molecule has 108 valence electrons. The van der Waals surface area contributed by atoms with E-state index in [2.05, 4.69) is 4.98 Å². The molecule has 6 heteroatoms. The van der Waals surface area contributed by atoms with Crippen molar-refractivity contribution in [1.82, 2.24) is 9.88 Å². The number of aliphatic carboxylic acids is 1. The molecule has 6 nitrogen and oxygen atoms in total. The molecule has 1 aromatic heterocycles. The maximum atomic E-state index is 12.1. The van der Waals surface area contributed by atoms with Gasteiger partial charge in [-0.15, -0.1) is 0 Å². The normalized spacial score (nSPS) is 23.2. The fraction of sp³-hybridized carbons (Fsp3) is 0.500. The number of carbonyl (C=O) groups is 2. The van der Waals surface area contributed by atoms with Gasteiger partial charge in [0.1, 0.15) is 6.61 Å². The highest BCUT2D eigenvalue weighted by atomic mass is 16.5. The van der Waals surface area contributed by atoms with Crippen LogP contribution in [0.3, 0.4) is 0 Å². The van der Waals surface area contributed by atoms with Gasteiger partial charge in [0.25, 0.3) is 0 Å². The number of amides is 1. The minimum absolute atomic E-state index is 0.113. The Labute approximate surface area is 117 Å². The van der Waals surface area contributed by atoms with Crippen molar-refractivity contribution in [3.05, 3.63) is 29.6 Å². The molecule has 0 radical (unpaired) electrons. The van der Waals surface area contributed by atoms with Crippen molar-refractivity contribution in [2.75, 3.05) is 6.61 Å². The first-order valence-corrected chi connectivity index (χ1v) is 6.49. The minimum atomic E-state index is -1.07. The lowest BCUT2D eigenvalue weighted by molar-refractivity contribution is -0.175. The fourth-order valence-corrected chi connectivity index (χ4v) is 2.54. The van der Waals surface area contributed by atoms with Crippen LogP contribution < -0.4 is 0 Å². The van der Waals surface area contributed by atoms with E-state index in [4.69, 9.17) is 4.74 Å². The van der Waals surface area contributed by atoms with Crippen LogP contribution in [0.25, 0.3) is 0 Å². The molecule has 1 saturated heterocycles. The lowest BCUT2D eigenvalue weighted by Gasteiger charge is -2.42. The molecule has 1 fully saturated rings. The summed E-state index contributed by atoms with van der Waals surface area (Å²) in [5.74, 6) is -1.28. The molecule has 0 aliphatic carbocycles. The van der Waals surface area contributed by atoms with E-state index in [1.807, 2.05) is 20.8 Å². The van der Waals surface area contributed by atoms with Gasteiger partial charge in [-0.1, -0.05) is 0 Å². The van der Waals surface area contributed by atoms with Crippen LogP contribution in [0.1, 0.15) is 31.0 Å². The van der Waals surface area contributed by atoms with Crippen LogP contribution in [0.15, 0.2) is 18.5 Å². The Bertz CT molecular complexity index is 530. The molecule has 0 bridgehead atoms. The summed E-state index contributed by atoms with van der Waals surface area (Å²) in [6, 6.07) is 1.03. The molecule has 2 atom stereocenters. The topological polar surface area (TPSA) is 79.7 Å². The zero-order valence-corrected chi connectivity index (χ0v) is 11.7. The summed E-state index contributed by atoms with van der Waals surface area (Å²) in [7, 11) is 0. The average Bonchev–Trinajstić information content (AvgIpc) is 2.38. The van der Waals surface area contributed by atoms with Gasteiger partial charge < -0.3 is 14.7 Å². The van der Waals surface area contributed by atoms with Gasteiger partial charge in [-0.25, -0.2) is 4.79 Å². The Balaban J connectivity index is 2.52. The number of carboxylic acids is 1. The lowest BCUT2D eigenvalue weighted by Crippen LogP contribution is -2.54. The van der Waals surface area contributed by atoms with E-state index in [1.165, 1.54) is 0 Å². The number of aromatic nitrogens is 1. The van der Waals surface area contributed by atoms with E-state index < -0.39 is 18.1 Å². The number of pyridine rings is 1. The molecule has 0 spiro atoms. The largest absolute Gasteiger partial charge is 0.479 e. The second kappa shape index (κ2) is 5.58. The summed E-state index contributed by atoms with van der Waals surface area (Å²) in [5, 5.41) is 9.36. The van der Waals surface area contributed by atoms with E-state index in [1.54, 1.807) is 23.4 Å². The van der Waals surface area contributed by atoms with Crippen LogP contribution in [0.2, 0.25) is 0 Å². The number of hydrogen-bond acceptors (Lipinski definition) is 4. The number of ether oxygens (including phenoxy) is 1. The summed E-state index contributed by atoms with van der Waals surface area (Å²) in [5.41, 5.74) is 1.60.